The molecule has 0 spiro atoms. The molecular formula is C13H14FN3O5S. The van der Waals surface area contributed by atoms with Crippen LogP contribution < -0.4 is 9.62 Å². The number of benzene rings is 1. The monoisotopic (exact) mass is 343 g/mol. The minimum atomic E-state index is -3.54. The lowest BCUT2D eigenvalue weighted by Crippen LogP contribution is -2.26. The van der Waals surface area contributed by atoms with Crippen molar-refractivity contribution in [1.82, 2.24) is 0 Å². The van der Waals surface area contributed by atoms with Crippen LogP contribution in [0.4, 0.5) is 15.8 Å². The maximum Gasteiger partial charge on any atom is 0.235 e. The van der Waals surface area contributed by atoms with Crippen LogP contribution >= 0.6 is 0 Å². The van der Waals surface area contributed by atoms with E-state index in [9.17, 15) is 27.7 Å². The first-order valence-electron chi connectivity index (χ1n) is 7.04. The molecule has 1 aliphatic heterocycles. The first-order chi connectivity index (χ1) is 10.8. The largest absolute Gasteiger partial charge is 0.326 e. The van der Waals surface area contributed by atoms with E-state index < -0.39 is 38.6 Å². The molecule has 8 nitrogen and oxygen atoms in total. The third kappa shape index (κ3) is 2.98. The third-order valence-corrected chi connectivity index (χ3v) is 5.80. The molecular weight excluding hydrogens is 329 g/mol. The number of carbonyl (C=O) groups is 1. The van der Waals surface area contributed by atoms with Gasteiger partial charge in [0, 0.05) is 23.6 Å². The highest BCUT2D eigenvalue weighted by Gasteiger charge is 2.53. The molecule has 0 aromatic heterocycles. The number of hydrogen-bond acceptors (Lipinski definition) is 5. The Bertz CT molecular complexity index is 782. The average molecular weight is 343 g/mol. The summed E-state index contributed by atoms with van der Waals surface area (Å²) < 4.78 is 38.7. The summed E-state index contributed by atoms with van der Waals surface area (Å²) in [6, 6.07) is 2.72. The molecule has 1 saturated carbocycles. The molecule has 0 bridgehead atoms. The highest BCUT2D eigenvalue weighted by molar-refractivity contribution is 7.93. The molecule has 1 N–H and O–H groups in total. The van der Waals surface area contributed by atoms with E-state index in [0.29, 0.717) is 6.42 Å². The van der Waals surface area contributed by atoms with Gasteiger partial charge in [-0.1, -0.05) is 0 Å². The SMILES string of the molecule is O=C(Nc1ccc(F)c(N2CCCS2(=O)=O)c1)[C@@H]1C[C@@H]1[N+](=O)[O-]. The lowest BCUT2D eigenvalue weighted by atomic mass is 10.2. The van der Waals surface area contributed by atoms with E-state index in [1.165, 1.54) is 12.1 Å². The second kappa shape index (κ2) is 5.44. The van der Waals surface area contributed by atoms with Gasteiger partial charge >= 0.3 is 0 Å². The Morgan fingerprint density at radius 2 is 2.17 bits per heavy atom. The zero-order chi connectivity index (χ0) is 16.8. The lowest BCUT2D eigenvalue weighted by molar-refractivity contribution is -0.497. The van der Waals surface area contributed by atoms with Crippen LogP contribution in [0.15, 0.2) is 18.2 Å². The van der Waals surface area contributed by atoms with Gasteiger partial charge in [-0.3, -0.25) is 19.2 Å². The van der Waals surface area contributed by atoms with E-state index in [4.69, 9.17) is 0 Å². The normalized spacial score (nSPS) is 25.2. The fourth-order valence-corrected chi connectivity index (χ4v) is 4.18. The summed E-state index contributed by atoms with van der Waals surface area (Å²) in [5.41, 5.74) is 0.0874. The van der Waals surface area contributed by atoms with Gasteiger partial charge in [0.1, 0.15) is 11.7 Å². The van der Waals surface area contributed by atoms with Crippen molar-refractivity contribution < 1.29 is 22.5 Å². The Labute approximate surface area is 131 Å². The highest BCUT2D eigenvalue weighted by Crippen LogP contribution is 2.35. The minimum absolute atomic E-state index is 0.0460. The Kier molecular flexibility index (Phi) is 3.71. The molecule has 10 heteroatoms. The van der Waals surface area contributed by atoms with Crippen molar-refractivity contribution in [3.63, 3.8) is 0 Å². The second-order valence-electron chi connectivity index (χ2n) is 5.59. The lowest BCUT2D eigenvalue weighted by Gasteiger charge is -2.18. The molecule has 0 unspecified atom stereocenters. The molecule has 1 aromatic rings. The van der Waals surface area contributed by atoms with E-state index in [1.54, 1.807) is 0 Å². The molecule has 2 fully saturated rings. The number of sulfonamides is 1. The number of rotatable bonds is 4. The van der Waals surface area contributed by atoms with E-state index in [2.05, 4.69) is 5.32 Å². The third-order valence-electron chi connectivity index (χ3n) is 3.95. The van der Waals surface area contributed by atoms with Crippen molar-refractivity contribution in [3.8, 4) is 0 Å². The van der Waals surface area contributed by atoms with Crippen molar-refractivity contribution in [2.45, 2.75) is 18.9 Å². The van der Waals surface area contributed by atoms with Gasteiger partial charge in [0.15, 0.2) is 0 Å². The molecule has 2 atom stereocenters. The predicted molar refractivity (Wildman–Crippen MR) is 79.7 cm³/mol. The summed E-state index contributed by atoms with van der Waals surface area (Å²) in [6.45, 7) is 0.183. The van der Waals surface area contributed by atoms with Crippen molar-refractivity contribution >= 4 is 27.3 Å². The second-order valence-corrected chi connectivity index (χ2v) is 7.60. The van der Waals surface area contributed by atoms with Gasteiger partial charge in [0.05, 0.1) is 11.4 Å². The standard InChI is InChI=1S/C13H14FN3O5S/c14-10-3-2-8(15-13(18)9-7-11(9)17(19)20)6-12(10)16-4-1-5-23(16,21)22/h2-3,6,9,11H,1,4-5,7H2,(H,15,18)/t9-,11+/m1/s1. The molecule has 1 aromatic carbocycles. The van der Waals surface area contributed by atoms with Gasteiger partial charge in [0.25, 0.3) is 0 Å². The van der Waals surface area contributed by atoms with Crippen LogP contribution in [-0.4, -0.2) is 37.6 Å². The van der Waals surface area contributed by atoms with Crippen molar-refractivity contribution in [2.75, 3.05) is 21.9 Å². The molecule has 124 valence electrons. The maximum atomic E-state index is 13.9. The number of halogens is 1. The van der Waals surface area contributed by atoms with Crippen LogP contribution in [-0.2, 0) is 14.8 Å². The van der Waals surface area contributed by atoms with Gasteiger partial charge in [-0.15, -0.1) is 0 Å². The number of nitro groups is 1. The van der Waals surface area contributed by atoms with Crippen molar-refractivity contribution in [1.29, 1.82) is 0 Å². The number of anilines is 2. The van der Waals surface area contributed by atoms with Gasteiger partial charge in [-0.25, -0.2) is 12.8 Å². The van der Waals surface area contributed by atoms with E-state index in [-0.39, 0.29) is 30.1 Å². The Hall–Kier alpha value is -2.23. The van der Waals surface area contributed by atoms with Crippen LogP contribution in [0.3, 0.4) is 0 Å². The summed E-state index contributed by atoms with van der Waals surface area (Å²) >= 11 is 0. The minimum Gasteiger partial charge on any atom is -0.326 e. The molecule has 1 amide bonds. The smallest absolute Gasteiger partial charge is 0.235 e. The molecule has 23 heavy (non-hydrogen) atoms. The zero-order valence-corrected chi connectivity index (χ0v) is 12.8. The van der Waals surface area contributed by atoms with Crippen LogP contribution in [0.25, 0.3) is 0 Å². The van der Waals surface area contributed by atoms with Crippen LogP contribution in [0, 0.1) is 21.8 Å². The Balaban J connectivity index is 1.79. The fourth-order valence-electron chi connectivity index (χ4n) is 2.62. The zero-order valence-electron chi connectivity index (χ0n) is 11.9. The quantitative estimate of drug-likeness (QED) is 0.647. The number of nitrogens with one attached hydrogen (secondary N) is 1. The molecule has 0 radical (unpaired) electrons. The van der Waals surface area contributed by atoms with Crippen LogP contribution in [0.1, 0.15) is 12.8 Å². The number of amides is 1. The summed E-state index contributed by atoms with van der Waals surface area (Å²) in [6.07, 6.45) is 0.582. The highest BCUT2D eigenvalue weighted by atomic mass is 32.2. The molecule has 3 rings (SSSR count). The first kappa shape index (κ1) is 15.7. The topological polar surface area (TPSA) is 110 Å². The summed E-state index contributed by atoms with van der Waals surface area (Å²) in [4.78, 5) is 22.0. The van der Waals surface area contributed by atoms with E-state index in [0.717, 1.165) is 10.4 Å². The first-order valence-corrected chi connectivity index (χ1v) is 8.65. The van der Waals surface area contributed by atoms with Crippen LogP contribution in [0.5, 0.6) is 0 Å². The van der Waals surface area contributed by atoms with Gasteiger partial charge < -0.3 is 5.32 Å². The van der Waals surface area contributed by atoms with Gasteiger partial charge in [0.2, 0.25) is 22.0 Å². The maximum absolute atomic E-state index is 13.9. The number of carbonyl (C=O) groups excluding carboxylic acids is 1. The van der Waals surface area contributed by atoms with Gasteiger partial charge in [-0.2, -0.15) is 0 Å². The molecule has 2 aliphatic rings. The van der Waals surface area contributed by atoms with Crippen molar-refractivity contribution in [2.24, 2.45) is 5.92 Å². The summed E-state index contributed by atoms with van der Waals surface area (Å²) in [5, 5.41) is 13.1. The Morgan fingerprint density at radius 3 is 2.74 bits per heavy atom. The van der Waals surface area contributed by atoms with Crippen molar-refractivity contribution in [3.05, 3.63) is 34.1 Å². The number of hydrogen-bond donors (Lipinski definition) is 1. The average Bonchev–Trinajstić information content (AvgIpc) is 3.20. The number of nitrogens with zero attached hydrogens (tertiary/aromatic N) is 2. The summed E-state index contributed by atoms with van der Waals surface area (Å²) in [5.74, 6) is -1.97. The van der Waals surface area contributed by atoms with E-state index in [1.807, 2.05) is 0 Å². The Morgan fingerprint density at radius 1 is 1.43 bits per heavy atom. The van der Waals surface area contributed by atoms with Crippen LogP contribution in [0.2, 0.25) is 0 Å². The molecule has 1 heterocycles. The predicted octanol–water partition coefficient (Wildman–Crippen LogP) is 0.969. The molecule has 1 saturated heterocycles. The fraction of sp³-hybridized carbons (Fsp3) is 0.462. The van der Waals surface area contributed by atoms with Gasteiger partial charge in [-0.05, 0) is 24.6 Å². The summed E-state index contributed by atoms with van der Waals surface area (Å²) in [7, 11) is -3.54. The molecule has 1 aliphatic carbocycles. The van der Waals surface area contributed by atoms with E-state index >= 15 is 0 Å².